The average Bonchev–Trinajstić information content (AvgIpc) is 3.37. The molecule has 1 aliphatic rings. The van der Waals surface area contributed by atoms with E-state index in [4.69, 9.17) is 4.74 Å². The molecule has 0 heterocycles. The minimum Gasteiger partial charge on any atom is -0.465 e. The fourth-order valence-corrected chi connectivity index (χ4v) is 2.79. The summed E-state index contributed by atoms with van der Waals surface area (Å²) in [6.07, 6.45) is 0.743. The van der Waals surface area contributed by atoms with E-state index in [1.807, 2.05) is 6.92 Å². The second-order valence-corrected chi connectivity index (χ2v) is 6.01. The van der Waals surface area contributed by atoms with Crippen LogP contribution in [0.2, 0.25) is 0 Å². The largest absolute Gasteiger partial charge is 0.465 e. The number of amides is 1. The van der Waals surface area contributed by atoms with Gasteiger partial charge in [0.1, 0.15) is 5.82 Å². The molecule has 2 aromatic carbocycles. The van der Waals surface area contributed by atoms with E-state index >= 15 is 0 Å². The molecule has 3 rings (SSSR count). The monoisotopic (exact) mass is 327 g/mol. The van der Waals surface area contributed by atoms with Crippen molar-refractivity contribution in [1.82, 2.24) is 0 Å². The smallest absolute Gasteiger partial charge is 0.337 e. The van der Waals surface area contributed by atoms with Crippen molar-refractivity contribution in [3.8, 4) is 0 Å². The lowest BCUT2D eigenvalue weighted by molar-refractivity contribution is -0.117. The first-order valence-corrected chi connectivity index (χ1v) is 7.75. The van der Waals surface area contributed by atoms with Crippen LogP contribution in [-0.2, 0) is 9.53 Å². The molecular formula is C19H18FNO3. The maximum Gasteiger partial charge on any atom is 0.337 e. The third kappa shape index (κ3) is 3.30. The number of hydrogen-bond donors (Lipinski definition) is 1. The standard InChI is InChI=1S/C19H18FNO3/c1-11-3-4-13(19(23)24-2)9-17(11)21-18(22)16-10-15(16)12-5-7-14(20)8-6-12/h3-9,15-16H,10H2,1-2H3,(H,21,22). The number of carbonyl (C=O) groups excluding carboxylic acids is 2. The summed E-state index contributed by atoms with van der Waals surface area (Å²) in [5.74, 6) is -0.822. The summed E-state index contributed by atoms with van der Waals surface area (Å²) in [4.78, 5) is 24.0. The Morgan fingerprint density at radius 3 is 2.54 bits per heavy atom. The Morgan fingerprint density at radius 1 is 1.17 bits per heavy atom. The fourth-order valence-electron chi connectivity index (χ4n) is 2.79. The lowest BCUT2D eigenvalue weighted by Gasteiger charge is -2.10. The van der Waals surface area contributed by atoms with Gasteiger partial charge >= 0.3 is 5.97 Å². The Kier molecular flexibility index (Phi) is 4.34. The minimum atomic E-state index is -0.443. The van der Waals surface area contributed by atoms with E-state index in [0.717, 1.165) is 17.5 Å². The maximum absolute atomic E-state index is 13.0. The number of halogens is 1. The van der Waals surface area contributed by atoms with Crippen molar-refractivity contribution in [1.29, 1.82) is 0 Å². The molecule has 2 unspecified atom stereocenters. The Hall–Kier alpha value is -2.69. The SMILES string of the molecule is COC(=O)c1ccc(C)c(NC(=O)C2CC2c2ccc(F)cc2)c1. The van der Waals surface area contributed by atoms with E-state index in [1.165, 1.54) is 19.2 Å². The zero-order valence-electron chi connectivity index (χ0n) is 13.5. The summed E-state index contributed by atoms with van der Waals surface area (Å²) in [7, 11) is 1.32. The number of ether oxygens (including phenoxy) is 1. The quantitative estimate of drug-likeness (QED) is 0.872. The van der Waals surface area contributed by atoms with Gasteiger partial charge in [-0.3, -0.25) is 4.79 Å². The molecule has 0 aliphatic heterocycles. The Balaban J connectivity index is 1.70. The van der Waals surface area contributed by atoms with Gasteiger partial charge in [-0.2, -0.15) is 0 Å². The maximum atomic E-state index is 13.0. The molecular weight excluding hydrogens is 309 g/mol. The van der Waals surface area contributed by atoms with Crippen molar-refractivity contribution in [3.05, 3.63) is 65.0 Å². The summed E-state index contributed by atoms with van der Waals surface area (Å²) in [5, 5.41) is 2.88. The number of esters is 1. The van der Waals surface area contributed by atoms with Crippen LogP contribution in [0.1, 0.15) is 33.8 Å². The highest BCUT2D eigenvalue weighted by atomic mass is 19.1. The van der Waals surface area contributed by atoms with Gasteiger partial charge in [-0.1, -0.05) is 18.2 Å². The van der Waals surface area contributed by atoms with E-state index in [-0.39, 0.29) is 23.6 Å². The van der Waals surface area contributed by atoms with Crippen LogP contribution in [-0.4, -0.2) is 19.0 Å². The molecule has 0 saturated heterocycles. The second kappa shape index (κ2) is 6.43. The lowest BCUT2D eigenvalue weighted by atomic mass is 10.1. The number of nitrogens with one attached hydrogen (secondary N) is 1. The summed E-state index contributed by atoms with van der Waals surface area (Å²) >= 11 is 0. The first kappa shape index (κ1) is 16.2. The van der Waals surface area contributed by atoms with Gasteiger partial charge in [-0.25, -0.2) is 9.18 Å². The molecule has 1 fully saturated rings. The molecule has 2 aromatic rings. The lowest BCUT2D eigenvalue weighted by Crippen LogP contribution is -2.16. The molecule has 1 amide bonds. The van der Waals surface area contributed by atoms with Crippen molar-refractivity contribution in [2.24, 2.45) is 5.92 Å². The molecule has 1 aliphatic carbocycles. The summed E-state index contributed by atoms with van der Waals surface area (Å²) < 4.78 is 17.7. The van der Waals surface area contributed by atoms with Crippen LogP contribution < -0.4 is 5.32 Å². The zero-order valence-corrected chi connectivity index (χ0v) is 13.5. The second-order valence-electron chi connectivity index (χ2n) is 6.01. The van der Waals surface area contributed by atoms with Crippen molar-refractivity contribution in [3.63, 3.8) is 0 Å². The van der Waals surface area contributed by atoms with Gasteiger partial charge < -0.3 is 10.1 Å². The van der Waals surface area contributed by atoms with Gasteiger partial charge in [0.15, 0.2) is 0 Å². The number of hydrogen-bond acceptors (Lipinski definition) is 3. The van der Waals surface area contributed by atoms with Gasteiger partial charge in [-0.05, 0) is 54.7 Å². The van der Waals surface area contributed by atoms with E-state index in [1.54, 1.807) is 30.3 Å². The molecule has 1 saturated carbocycles. The van der Waals surface area contributed by atoms with Crippen LogP contribution in [0.15, 0.2) is 42.5 Å². The number of anilines is 1. The normalized spacial score (nSPS) is 18.8. The minimum absolute atomic E-state index is 0.0885. The highest BCUT2D eigenvalue weighted by Gasteiger charge is 2.44. The molecule has 124 valence electrons. The molecule has 4 nitrogen and oxygen atoms in total. The summed E-state index contributed by atoms with van der Waals surface area (Å²) in [6, 6.07) is 11.3. The third-order valence-corrected chi connectivity index (χ3v) is 4.34. The highest BCUT2D eigenvalue weighted by Crippen LogP contribution is 2.48. The number of benzene rings is 2. The van der Waals surface area contributed by atoms with E-state index in [2.05, 4.69) is 5.32 Å². The highest BCUT2D eigenvalue weighted by molar-refractivity contribution is 5.98. The zero-order chi connectivity index (χ0) is 17.3. The van der Waals surface area contributed by atoms with Crippen molar-refractivity contribution >= 4 is 17.6 Å². The average molecular weight is 327 g/mol. The number of carbonyl (C=O) groups is 2. The molecule has 0 radical (unpaired) electrons. The van der Waals surface area contributed by atoms with Gasteiger partial charge in [0.05, 0.1) is 12.7 Å². The molecule has 5 heteroatoms. The van der Waals surface area contributed by atoms with Gasteiger partial charge in [0, 0.05) is 11.6 Å². The van der Waals surface area contributed by atoms with Crippen LogP contribution in [0.4, 0.5) is 10.1 Å². The van der Waals surface area contributed by atoms with E-state index in [9.17, 15) is 14.0 Å². The van der Waals surface area contributed by atoms with Gasteiger partial charge in [0.2, 0.25) is 5.91 Å². The van der Waals surface area contributed by atoms with Crippen LogP contribution in [0, 0.1) is 18.7 Å². The molecule has 0 aromatic heterocycles. The van der Waals surface area contributed by atoms with Crippen LogP contribution in [0.3, 0.4) is 0 Å². The molecule has 1 N–H and O–H groups in total. The first-order chi connectivity index (χ1) is 11.5. The third-order valence-electron chi connectivity index (χ3n) is 4.34. The molecule has 0 bridgehead atoms. The van der Waals surface area contributed by atoms with Crippen LogP contribution in [0.5, 0.6) is 0 Å². The van der Waals surface area contributed by atoms with Crippen LogP contribution >= 0.6 is 0 Å². The molecule has 0 spiro atoms. The Morgan fingerprint density at radius 2 is 1.88 bits per heavy atom. The van der Waals surface area contributed by atoms with Gasteiger partial charge in [0.25, 0.3) is 0 Å². The van der Waals surface area contributed by atoms with Crippen LogP contribution in [0.25, 0.3) is 0 Å². The van der Waals surface area contributed by atoms with Crippen molar-refractivity contribution in [2.45, 2.75) is 19.3 Å². The Labute approximate surface area is 139 Å². The Bertz CT molecular complexity index is 786. The van der Waals surface area contributed by atoms with E-state index < -0.39 is 5.97 Å². The topological polar surface area (TPSA) is 55.4 Å². The predicted molar refractivity (Wildman–Crippen MR) is 88.4 cm³/mol. The summed E-state index contributed by atoms with van der Waals surface area (Å²) in [5.41, 5.74) is 2.84. The summed E-state index contributed by atoms with van der Waals surface area (Å²) in [6.45, 7) is 1.86. The van der Waals surface area contributed by atoms with E-state index in [0.29, 0.717) is 11.3 Å². The number of aryl methyl sites for hydroxylation is 1. The van der Waals surface area contributed by atoms with Gasteiger partial charge in [-0.15, -0.1) is 0 Å². The van der Waals surface area contributed by atoms with Crippen molar-refractivity contribution < 1.29 is 18.7 Å². The van der Waals surface area contributed by atoms with Crippen molar-refractivity contribution in [2.75, 3.05) is 12.4 Å². The molecule has 2 atom stereocenters. The fraction of sp³-hybridized carbons (Fsp3) is 0.263. The first-order valence-electron chi connectivity index (χ1n) is 7.75. The predicted octanol–water partition coefficient (Wildman–Crippen LogP) is 3.66. The number of methoxy groups -OCH3 is 1. The number of rotatable bonds is 4. The molecule has 24 heavy (non-hydrogen) atoms.